The first kappa shape index (κ1) is 19.4. The summed E-state index contributed by atoms with van der Waals surface area (Å²) in [4.78, 5) is 25.1. The molecule has 1 aromatic carbocycles. The number of ether oxygens (including phenoxy) is 1. The number of nitrogens with one attached hydrogen (secondary N) is 1. The van der Waals surface area contributed by atoms with Gasteiger partial charge in [0.2, 0.25) is 0 Å². The number of alkyl halides is 2. The molecule has 2 rings (SSSR count). The highest BCUT2D eigenvalue weighted by Gasteiger charge is 2.18. The minimum Gasteiger partial charge on any atom is -0.484 e. The minimum absolute atomic E-state index is 0.161. The van der Waals surface area contributed by atoms with E-state index in [4.69, 9.17) is 9.15 Å². The summed E-state index contributed by atoms with van der Waals surface area (Å²) in [6.07, 6.45) is -0.625. The summed E-state index contributed by atoms with van der Waals surface area (Å²) in [7, 11) is 0. The summed E-state index contributed by atoms with van der Waals surface area (Å²) >= 11 is 0. The van der Waals surface area contributed by atoms with Gasteiger partial charge in [-0.2, -0.15) is 0 Å². The molecule has 2 aromatic rings. The molecule has 0 radical (unpaired) electrons. The van der Waals surface area contributed by atoms with Gasteiger partial charge in [-0.05, 0) is 30.7 Å². The van der Waals surface area contributed by atoms with E-state index in [9.17, 15) is 18.4 Å². The van der Waals surface area contributed by atoms with E-state index in [-0.39, 0.29) is 18.9 Å². The summed E-state index contributed by atoms with van der Waals surface area (Å²) < 4.78 is 35.5. The molecule has 0 unspecified atom stereocenters. The van der Waals surface area contributed by atoms with Crippen LogP contribution in [0.5, 0.6) is 5.75 Å². The summed E-state index contributed by atoms with van der Waals surface area (Å²) in [5.41, 5.74) is 0.453. The molecule has 140 valence electrons. The smallest absolute Gasteiger partial charge is 0.291 e. The van der Waals surface area contributed by atoms with Crippen LogP contribution in [0.3, 0.4) is 0 Å². The van der Waals surface area contributed by atoms with E-state index >= 15 is 0 Å². The van der Waals surface area contributed by atoms with Crippen molar-refractivity contribution in [3.8, 4) is 5.75 Å². The molecule has 26 heavy (non-hydrogen) atoms. The van der Waals surface area contributed by atoms with Gasteiger partial charge >= 0.3 is 0 Å². The van der Waals surface area contributed by atoms with Crippen molar-refractivity contribution in [3.05, 3.63) is 48.4 Å². The van der Waals surface area contributed by atoms with Crippen LogP contribution in [0, 0.1) is 0 Å². The van der Waals surface area contributed by atoms with E-state index in [1.54, 1.807) is 31.2 Å². The number of carbonyl (C=O) groups excluding carboxylic acids is 2. The molecule has 8 heteroatoms. The molecule has 0 atom stereocenters. The van der Waals surface area contributed by atoms with Crippen LogP contribution in [0.25, 0.3) is 0 Å². The van der Waals surface area contributed by atoms with Crippen molar-refractivity contribution in [1.29, 1.82) is 0 Å². The number of anilines is 1. The summed E-state index contributed by atoms with van der Waals surface area (Å²) in [5, 5.41) is 2.63. The highest BCUT2D eigenvalue weighted by molar-refractivity contribution is 6.02. The average molecular weight is 366 g/mol. The van der Waals surface area contributed by atoms with Gasteiger partial charge in [-0.3, -0.25) is 9.59 Å². The van der Waals surface area contributed by atoms with Crippen LogP contribution < -0.4 is 10.1 Å². The lowest BCUT2D eigenvalue weighted by molar-refractivity contribution is -0.135. The molecular formula is C18H20F2N2O4. The van der Waals surface area contributed by atoms with Crippen LogP contribution in [0.4, 0.5) is 14.5 Å². The SMILES string of the molecule is CCCN(CC(F)F)C(=O)COc1cccc(NC(=O)c2ccco2)c1. The molecule has 0 saturated heterocycles. The molecule has 2 amide bonds. The van der Waals surface area contributed by atoms with E-state index in [0.717, 1.165) is 4.90 Å². The number of nitrogens with zero attached hydrogens (tertiary/aromatic N) is 1. The Morgan fingerprint density at radius 3 is 2.73 bits per heavy atom. The van der Waals surface area contributed by atoms with E-state index in [2.05, 4.69) is 5.32 Å². The fraction of sp³-hybridized carbons (Fsp3) is 0.333. The van der Waals surface area contributed by atoms with E-state index in [0.29, 0.717) is 17.9 Å². The fourth-order valence-electron chi connectivity index (χ4n) is 2.25. The molecule has 0 spiro atoms. The molecule has 0 fully saturated rings. The predicted molar refractivity (Wildman–Crippen MR) is 91.5 cm³/mol. The predicted octanol–water partition coefficient (Wildman–Crippen LogP) is 3.41. The number of hydrogen-bond donors (Lipinski definition) is 1. The lowest BCUT2D eigenvalue weighted by Gasteiger charge is -2.21. The lowest BCUT2D eigenvalue weighted by atomic mass is 10.3. The minimum atomic E-state index is -2.59. The molecule has 0 bridgehead atoms. The Morgan fingerprint density at radius 1 is 1.27 bits per heavy atom. The van der Waals surface area contributed by atoms with Crippen molar-refractivity contribution in [2.75, 3.05) is 25.0 Å². The maximum atomic E-state index is 12.5. The second-order valence-electron chi connectivity index (χ2n) is 5.48. The second kappa shape index (κ2) is 9.55. The number of furan rings is 1. The molecule has 1 N–H and O–H groups in total. The Hall–Kier alpha value is -2.90. The molecule has 1 heterocycles. The number of rotatable bonds is 9. The van der Waals surface area contributed by atoms with Gasteiger partial charge in [-0.15, -0.1) is 0 Å². The van der Waals surface area contributed by atoms with Gasteiger partial charge in [0, 0.05) is 18.3 Å². The number of hydrogen-bond acceptors (Lipinski definition) is 4. The van der Waals surface area contributed by atoms with Crippen molar-refractivity contribution < 1.29 is 27.5 Å². The first-order valence-corrected chi connectivity index (χ1v) is 8.13. The highest BCUT2D eigenvalue weighted by Crippen LogP contribution is 2.18. The first-order valence-electron chi connectivity index (χ1n) is 8.13. The Bertz CT molecular complexity index is 720. The fourth-order valence-corrected chi connectivity index (χ4v) is 2.25. The number of halogens is 2. The summed E-state index contributed by atoms with van der Waals surface area (Å²) in [6.45, 7) is 1.07. The Balaban J connectivity index is 1.93. The second-order valence-corrected chi connectivity index (χ2v) is 5.48. The average Bonchev–Trinajstić information content (AvgIpc) is 3.14. The van der Waals surface area contributed by atoms with Crippen molar-refractivity contribution in [3.63, 3.8) is 0 Å². The molecule has 1 aromatic heterocycles. The van der Waals surface area contributed by atoms with Crippen LogP contribution in [0.15, 0.2) is 47.1 Å². The Kier molecular flexibility index (Phi) is 7.13. The normalized spacial score (nSPS) is 10.6. The highest BCUT2D eigenvalue weighted by atomic mass is 19.3. The molecule has 6 nitrogen and oxygen atoms in total. The maximum absolute atomic E-state index is 12.5. The monoisotopic (exact) mass is 366 g/mol. The van der Waals surface area contributed by atoms with Crippen LogP contribution in [-0.2, 0) is 4.79 Å². The van der Waals surface area contributed by atoms with Gasteiger partial charge in [-0.1, -0.05) is 13.0 Å². The summed E-state index contributed by atoms with van der Waals surface area (Å²) in [6, 6.07) is 9.55. The van der Waals surface area contributed by atoms with Crippen LogP contribution >= 0.6 is 0 Å². The maximum Gasteiger partial charge on any atom is 0.291 e. The molecule has 0 saturated carbocycles. The zero-order valence-electron chi connectivity index (χ0n) is 14.3. The molecule has 0 aliphatic carbocycles. The molecular weight excluding hydrogens is 346 g/mol. The number of carbonyl (C=O) groups is 2. The molecule has 0 aliphatic heterocycles. The third-order valence-electron chi connectivity index (χ3n) is 3.40. The first-order chi connectivity index (χ1) is 12.5. The Morgan fingerprint density at radius 2 is 2.08 bits per heavy atom. The Labute approximate surface area is 149 Å². The van der Waals surface area contributed by atoms with Crippen LogP contribution in [0.2, 0.25) is 0 Å². The topological polar surface area (TPSA) is 71.8 Å². The standard InChI is InChI=1S/C18H20F2N2O4/c1-2-8-22(11-16(19)20)17(23)12-26-14-6-3-5-13(10-14)21-18(24)15-7-4-9-25-15/h3-7,9-10,16H,2,8,11-12H2,1H3,(H,21,24). The number of benzene rings is 1. The van der Waals surface area contributed by atoms with Gasteiger partial charge in [0.25, 0.3) is 18.2 Å². The largest absolute Gasteiger partial charge is 0.484 e. The van der Waals surface area contributed by atoms with Gasteiger partial charge in [-0.25, -0.2) is 8.78 Å². The van der Waals surface area contributed by atoms with E-state index in [1.807, 2.05) is 0 Å². The van der Waals surface area contributed by atoms with Gasteiger partial charge in [0.1, 0.15) is 5.75 Å². The van der Waals surface area contributed by atoms with Crippen LogP contribution in [-0.4, -0.2) is 42.8 Å². The molecule has 0 aliphatic rings. The van der Waals surface area contributed by atoms with Crippen molar-refractivity contribution >= 4 is 17.5 Å². The zero-order chi connectivity index (χ0) is 18.9. The quantitative estimate of drug-likeness (QED) is 0.738. The van der Waals surface area contributed by atoms with E-state index in [1.165, 1.54) is 18.4 Å². The van der Waals surface area contributed by atoms with Crippen molar-refractivity contribution in [2.45, 2.75) is 19.8 Å². The van der Waals surface area contributed by atoms with Crippen molar-refractivity contribution in [2.24, 2.45) is 0 Å². The third-order valence-corrected chi connectivity index (χ3v) is 3.40. The number of amides is 2. The van der Waals surface area contributed by atoms with Gasteiger partial charge < -0.3 is 19.4 Å². The van der Waals surface area contributed by atoms with Crippen molar-refractivity contribution in [1.82, 2.24) is 4.90 Å². The van der Waals surface area contributed by atoms with Crippen LogP contribution in [0.1, 0.15) is 23.9 Å². The van der Waals surface area contributed by atoms with Gasteiger partial charge in [0.15, 0.2) is 12.4 Å². The zero-order valence-corrected chi connectivity index (χ0v) is 14.3. The lowest BCUT2D eigenvalue weighted by Crippen LogP contribution is -2.38. The summed E-state index contributed by atoms with van der Waals surface area (Å²) in [5.74, 6) is -0.441. The van der Waals surface area contributed by atoms with Gasteiger partial charge in [0.05, 0.1) is 12.8 Å². The van der Waals surface area contributed by atoms with E-state index < -0.39 is 24.8 Å². The third kappa shape index (κ3) is 5.87.